The number of nitrogens with one attached hydrogen (secondary N) is 1. The topological polar surface area (TPSA) is 46.9 Å². The monoisotopic (exact) mass is 357 g/mol. The molecule has 128 valence electrons. The molecule has 1 heterocycles. The number of aromatic nitrogens is 2. The van der Waals surface area contributed by atoms with Gasteiger partial charge in [0.15, 0.2) is 0 Å². The lowest BCUT2D eigenvalue weighted by Crippen LogP contribution is -2.26. The number of rotatable bonds is 5. The normalized spacial score (nSPS) is 10.7. The molecular weight excluding hydrogens is 341 g/mol. The third-order valence-corrected chi connectivity index (χ3v) is 4.22. The van der Waals surface area contributed by atoms with Gasteiger partial charge in [0.1, 0.15) is 11.0 Å². The summed E-state index contributed by atoms with van der Waals surface area (Å²) in [7, 11) is 0. The van der Waals surface area contributed by atoms with Crippen LogP contribution in [-0.2, 0) is 6.42 Å². The quantitative estimate of drug-likeness (QED) is 0.751. The predicted octanol–water partition coefficient (Wildman–Crippen LogP) is 3.95. The van der Waals surface area contributed by atoms with Gasteiger partial charge in [0, 0.05) is 6.54 Å². The van der Waals surface area contributed by atoms with Crippen molar-refractivity contribution in [2.45, 2.75) is 13.3 Å². The molecule has 0 radical (unpaired) electrons. The number of nitrogens with zero attached hydrogens (tertiary/aromatic N) is 2. The number of benzene rings is 2. The molecule has 0 unspecified atom stereocenters. The van der Waals surface area contributed by atoms with Gasteiger partial charge in [-0.3, -0.25) is 4.79 Å². The number of amides is 1. The first-order valence-electron chi connectivity index (χ1n) is 7.90. The van der Waals surface area contributed by atoms with Crippen molar-refractivity contribution in [2.24, 2.45) is 0 Å². The van der Waals surface area contributed by atoms with Crippen LogP contribution in [0.15, 0.2) is 54.6 Å². The molecule has 0 saturated heterocycles. The van der Waals surface area contributed by atoms with Crippen LogP contribution in [0, 0.1) is 12.7 Å². The molecule has 25 heavy (non-hydrogen) atoms. The van der Waals surface area contributed by atoms with Crippen LogP contribution in [0.1, 0.15) is 21.6 Å². The van der Waals surface area contributed by atoms with E-state index in [2.05, 4.69) is 10.4 Å². The molecule has 0 aliphatic rings. The zero-order valence-electron chi connectivity index (χ0n) is 13.7. The number of para-hydroxylation sites is 1. The van der Waals surface area contributed by atoms with Gasteiger partial charge in [0.2, 0.25) is 0 Å². The average Bonchev–Trinajstić information content (AvgIpc) is 2.92. The molecule has 0 atom stereocenters. The highest BCUT2D eigenvalue weighted by atomic mass is 35.5. The summed E-state index contributed by atoms with van der Waals surface area (Å²) >= 11 is 6.36. The first-order chi connectivity index (χ1) is 12.1. The van der Waals surface area contributed by atoms with Crippen LogP contribution >= 0.6 is 11.6 Å². The van der Waals surface area contributed by atoms with Crippen molar-refractivity contribution in [1.82, 2.24) is 15.1 Å². The maximum atomic E-state index is 13.6. The van der Waals surface area contributed by atoms with Crippen LogP contribution < -0.4 is 5.32 Å². The SMILES string of the molecule is Cc1nn(-c2ccccc2)c(Cl)c1C(=O)NCCc1ccccc1F. The molecule has 1 aromatic heterocycles. The Morgan fingerprint density at radius 1 is 1.16 bits per heavy atom. The lowest BCUT2D eigenvalue weighted by molar-refractivity contribution is 0.0953. The van der Waals surface area contributed by atoms with Gasteiger partial charge in [0.25, 0.3) is 5.91 Å². The third-order valence-electron chi connectivity index (χ3n) is 3.87. The molecule has 2 aromatic carbocycles. The van der Waals surface area contributed by atoms with E-state index in [4.69, 9.17) is 11.6 Å². The van der Waals surface area contributed by atoms with E-state index in [-0.39, 0.29) is 16.9 Å². The van der Waals surface area contributed by atoms with Gasteiger partial charge in [-0.1, -0.05) is 48.0 Å². The number of hydrogen-bond donors (Lipinski definition) is 1. The molecule has 4 nitrogen and oxygen atoms in total. The van der Waals surface area contributed by atoms with Crippen LogP contribution in [0.2, 0.25) is 5.15 Å². The van der Waals surface area contributed by atoms with Crippen molar-refractivity contribution in [2.75, 3.05) is 6.54 Å². The molecule has 0 fully saturated rings. The van der Waals surface area contributed by atoms with Gasteiger partial charge in [-0.05, 0) is 37.1 Å². The Hall–Kier alpha value is -2.66. The summed E-state index contributed by atoms with van der Waals surface area (Å²) in [6.07, 6.45) is 0.405. The van der Waals surface area contributed by atoms with Crippen molar-refractivity contribution in [3.05, 3.63) is 82.4 Å². The molecule has 3 aromatic rings. The molecule has 3 rings (SSSR count). The zero-order valence-corrected chi connectivity index (χ0v) is 14.4. The van der Waals surface area contributed by atoms with E-state index in [9.17, 15) is 9.18 Å². The summed E-state index contributed by atoms with van der Waals surface area (Å²) in [6, 6.07) is 15.9. The Labute approximate surface area is 150 Å². The van der Waals surface area contributed by atoms with Crippen molar-refractivity contribution in [3.8, 4) is 5.69 Å². The van der Waals surface area contributed by atoms with E-state index in [0.29, 0.717) is 29.8 Å². The second kappa shape index (κ2) is 7.49. The summed E-state index contributed by atoms with van der Waals surface area (Å²) in [5.74, 6) is -0.594. The fraction of sp³-hybridized carbons (Fsp3) is 0.158. The van der Waals surface area contributed by atoms with Crippen molar-refractivity contribution >= 4 is 17.5 Å². The van der Waals surface area contributed by atoms with Crippen molar-refractivity contribution < 1.29 is 9.18 Å². The van der Waals surface area contributed by atoms with Crippen LogP contribution in [0.5, 0.6) is 0 Å². The van der Waals surface area contributed by atoms with Crippen molar-refractivity contribution in [3.63, 3.8) is 0 Å². The van der Waals surface area contributed by atoms with Gasteiger partial charge in [0.05, 0.1) is 16.9 Å². The molecule has 1 amide bonds. The Morgan fingerprint density at radius 2 is 1.84 bits per heavy atom. The first kappa shape index (κ1) is 17.2. The second-order valence-corrected chi connectivity index (χ2v) is 5.95. The number of carbonyl (C=O) groups excluding carboxylic acids is 1. The minimum absolute atomic E-state index is 0.257. The molecule has 0 spiro atoms. The number of hydrogen-bond acceptors (Lipinski definition) is 2. The van der Waals surface area contributed by atoms with E-state index in [1.807, 2.05) is 30.3 Å². The van der Waals surface area contributed by atoms with Gasteiger partial charge in [-0.2, -0.15) is 5.10 Å². The summed E-state index contributed by atoms with van der Waals surface area (Å²) < 4.78 is 15.1. The summed E-state index contributed by atoms with van der Waals surface area (Å²) in [5, 5.41) is 7.38. The highest BCUT2D eigenvalue weighted by Gasteiger charge is 2.20. The van der Waals surface area contributed by atoms with E-state index in [0.717, 1.165) is 5.69 Å². The summed E-state index contributed by atoms with van der Waals surface area (Å²) in [6.45, 7) is 2.04. The highest BCUT2D eigenvalue weighted by molar-refractivity contribution is 6.33. The van der Waals surface area contributed by atoms with Gasteiger partial charge >= 0.3 is 0 Å². The smallest absolute Gasteiger partial charge is 0.256 e. The fourth-order valence-electron chi connectivity index (χ4n) is 2.60. The zero-order chi connectivity index (χ0) is 17.8. The molecule has 0 aliphatic carbocycles. The molecule has 0 bridgehead atoms. The largest absolute Gasteiger partial charge is 0.352 e. The maximum absolute atomic E-state index is 13.6. The van der Waals surface area contributed by atoms with E-state index in [1.165, 1.54) is 10.7 Å². The molecule has 6 heteroatoms. The highest BCUT2D eigenvalue weighted by Crippen LogP contribution is 2.23. The fourth-order valence-corrected chi connectivity index (χ4v) is 2.96. The van der Waals surface area contributed by atoms with Gasteiger partial charge < -0.3 is 5.32 Å². The second-order valence-electron chi connectivity index (χ2n) is 5.60. The number of carbonyl (C=O) groups is 1. The van der Waals surface area contributed by atoms with E-state index >= 15 is 0 Å². The molecule has 1 N–H and O–H groups in total. The number of halogens is 2. The molecular formula is C19H17ClFN3O. The Morgan fingerprint density at radius 3 is 2.56 bits per heavy atom. The minimum Gasteiger partial charge on any atom is -0.352 e. The van der Waals surface area contributed by atoms with Gasteiger partial charge in [-0.25, -0.2) is 9.07 Å². The van der Waals surface area contributed by atoms with Gasteiger partial charge in [-0.15, -0.1) is 0 Å². The minimum atomic E-state index is -0.318. The van der Waals surface area contributed by atoms with Crippen LogP contribution in [-0.4, -0.2) is 22.2 Å². The number of aryl methyl sites for hydroxylation is 1. The van der Waals surface area contributed by atoms with Crippen LogP contribution in [0.3, 0.4) is 0 Å². The first-order valence-corrected chi connectivity index (χ1v) is 8.28. The lowest BCUT2D eigenvalue weighted by atomic mass is 10.1. The summed E-state index contributed by atoms with van der Waals surface area (Å²) in [5.41, 5.74) is 2.21. The third kappa shape index (κ3) is 3.72. The molecule has 0 aliphatic heterocycles. The van der Waals surface area contributed by atoms with Crippen molar-refractivity contribution in [1.29, 1.82) is 0 Å². The summed E-state index contributed by atoms with van der Waals surface area (Å²) in [4.78, 5) is 12.5. The lowest BCUT2D eigenvalue weighted by Gasteiger charge is -2.06. The standard InChI is InChI=1S/C19H17ClFN3O/c1-13-17(18(20)24(23-13)15-8-3-2-4-9-15)19(25)22-12-11-14-7-5-6-10-16(14)21/h2-10H,11-12H2,1H3,(H,22,25). The Balaban J connectivity index is 1.72. The van der Waals surface area contributed by atoms with Crippen LogP contribution in [0.4, 0.5) is 4.39 Å². The Kier molecular flexibility index (Phi) is 5.14. The van der Waals surface area contributed by atoms with E-state index < -0.39 is 0 Å². The van der Waals surface area contributed by atoms with Crippen LogP contribution in [0.25, 0.3) is 5.69 Å². The van der Waals surface area contributed by atoms with E-state index in [1.54, 1.807) is 25.1 Å². The average molecular weight is 358 g/mol. The predicted molar refractivity (Wildman–Crippen MR) is 95.7 cm³/mol. The maximum Gasteiger partial charge on any atom is 0.256 e. The Bertz CT molecular complexity index is 893. The molecule has 0 saturated carbocycles.